The summed E-state index contributed by atoms with van der Waals surface area (Å²) in [4.78, 5) is 16.0. The van der Waals surface area contributed by atoms with Gasteiger partial charge in [0.1, 0.15) is 12.7 Å². The zero-order valence-corrected chi connectivity index (χ0v) is 13.9. The van der Waals surface area contributed by atoms with E-state index in [0.717, 1.165) is 17.7 Å². The molecule has 2 atom stereocenters. The molecule has 0 radical (unpaired) electrons. The lowest BCUT2D eigenvalue weighted by molar-refractivity contribution is 0.237. The van der Waals surface area contributed by atoms with E-state index in [1.54, 1.807) is 11.0 Å². The number of hydrogen-bond acceptors (Lipinski definition) is 4. The number of rotatable bonds is 5. The molecule has 1 aromatic carbocycles. The largest absolute Gasteiger partial charge is 0.334 e. The maximum absolute atomic E-state index is 12.1. The summed E-state index contributed by atoms with van der Waals surface area (Å²) in [6, 6.07) is 8.08. The molecule has 2 amide bonds. The summed E-state index contributed by atoms with van der Waals surface area (Å²) in [5.74, 6) is 0. The van der Waals surface area contributed by atoms with E-state index >= 15 is 0 Å². The third kappa shape index (κ3) is 4.04. The summed E-state index contributed by atoms with van der Waals surface area (Å²) in [6.45, 7) is 0.491. The van der Waals surface area contributed by atoms with E-state index in [1.165, 1.54) is 19.2 Å². The minimum Gasteiger partial charge on any atom is -0.334 e. The molecule has 3 rings (SSSR count). The van der Waals surface area contributed by atoms with Crippen molar-refractivity contribution in [1.29, 1.82) is 0 Å². The molecule has 1 aromatic heterocycles. The fourth-order valence-corrected chi connectivity index (χ4v) is 3.86. The Morgan fingerprint density at radius 3 is 3.13 bits per heavy atom. The quantitative estimate of drug-likeness (QED) is 0.882. The summed E-state index contributed by atoms with van der Waals surface area (Å²) < 4.78 is 1.70. The van der Waals surface area contributed by atoms with E-state index in [1.807, 2.05) is 36.0 Å². The molecule has 7 heteroatoms. The fourth-order valence-electron chi connectivity index (χ4n) is 2.93. The average Bonchev–Trinajstić information content (AvgIpc) is 3.24. The molecule has 1 aliphatic rings. The standard InChI is InChI=1S/C16H21N5OS/c1-23-15-7-3-6-14(15)20-16(22)18-9-12-4-2-5-13(8-12)21-11-17-10-19-21/h2,4-5,8,10-11,14-15H,3,6-7,9H2,1H3,(H2,18,20,22)/t14-,15-/m0/s1. The molecule has 1 saturated carbocycles. The molecule has 1 fully saturated rings. The smallest absolute Gasteiger partial charge is 0.315 e. The van der Waals surface area contributed by atoms with Gasteiger partial charge in [0.2, 0.25) is 0 Å². The summed E-state index contributed by atoms with van der Waals surface area (Å²) in [5, 5.41) is 10.7. The van der Waals surface area contributed by atoms with Crippen molar-refractivity contribution in [2.45, 2.75) is 37.1 Å². The molecule has 6 nitrogen and oxygen atoms in total. The molecule has 23 heavy (non-hydrogen) atoms. The topological polar surface area (TPSA) is 71.8 Å². The predicted octanol–water partition coefficient (Wildman–Crippen LogP) is 2.35. The Kier molecular flexibility index (Phi) is 5.17. The van der Waals surface area contributed by atoms with Crippen molar-refractivity contribution in [2.75, 3.05) is 6.26 Å². The number of aromatic nitrogens is 3. The first-order valence-electron chi connectivity index (χ1n) is 7.77. The zero-order valence-electron chi connectivity index (χ0n) is 13.1. The van der Waals surface area contributed by atoms with Crippen molar-refractivity contribution in [3.05, 3.63) is 42.5 Å². The number of urea groups is 1. The van der Waals surface area contributed by atoms with Crippen LogP contribution in [-0.4, -0.2) is 38.3 Å². The van der Waals surface area contributed by atoms with Gasteiger partial charge >= 0.3 is 6.03 Å². The van der Waals surface area contributed by atoms with E-state index in [4.69, 9.17) is 0 Å². The van der Waals surface area contributed by atoms with Crippen molar-refractivity contribution >= 4 is 17.8 Å². The molecule has 0 bridgehead atoms. The van der Waals surface area contributed by atoms with Crippen molar-refractivity contribution in [3.8, 4) is 5.69 Å². The highest BCUT2D eigenvalue weighted by Crippen LogP contribution is 2.28. The molecule has 0 saturated heterocycles. The van der Waals surface area contributed by atoms with Gasteiger partial charge in [0.15, 0.2) is 0 Å². The zero-order chi connectivity index (χ0) is 16.1. The van der Waals surface area contributed by atoms with Crippen LogP contribution in [0, 0.1) is 0 Å². The molecular formula is C16H21N5OS. The maximum Gasteiger partial charge on any atom is 0.315 e. The van der Waals surface area contributed by atoms with E-state index in [2.05, 4.69) is 27.0 Å². The molecule has 0 spiro atoms. The molecule has 0 unspecified atom stereocenters. The van der Waals surface area contributed by atoms with Gasteiger partial charge in [-0.1, -0.05) is 18.6 Å². The van der Waals surface area contributed by atoms with Crippen LogP contribution in [-0.2, 0) is 6.54 Å². The molecular weight excluding hydrogens is 310 g/mol. The SMILES string of the molecule is CS[C@H]1CCC[C@@H]1NC(=O)NCc1cccc(-n2cncn2)c1. The normalized spacial score (nSPS) is 20.4. The first-order chi connectivity index (χ1) is 11.3. The third-order valence-corrected chi connectivity index (χ3v) is 5.29. The van der Waals surface area contributed by atoms with E-state index in [9.17, 15) is 4.79 Å². The van der Waals surface area contributed by atoms with Crippen molar-refractivity contribution in [3.63, 3.8) is 0 Å². The Labute approximate surface area is 140 Å². The minimum absolute atomic E-state index is 0.0953. The highest BCUT2D eigenvalue weighted by Gasteiger charge is 2.27. The summed E-state index contributed by atoms with van der Waals surface area (Å²) in [7, 11) is 0. The Bertz CT molecular complexity index is 646. The lowest BCUT2D eigenvalue weighted by atomic mass is 10.2. The van der Waals surface area contributed by atoms with E-state index in [0.29, 0.717) is 11.8 Å². The Morgan fingerprint density at radius 2 is 2.35 bits per heavy atom. The first-order valence-corrected chi connectivity index (χ1v) is 9.06. The number of amides is 2. The van der Waals surface area contributed by atoms with Gasteiger partial charge in [0.25, 0.3) is 0 Å². The van der Waals surface area contributed by atoms with Crippen LogP contribution in [0.1, 0.15) is 24.8 Å². The van der Waals surface area contributed by atoms with Gasteiger partial charge in [0.05, 0.1) is 5.69 Å². The van der Waals surface area contributed by atoms with E-state index < -0.39 is 0 Å². The van der Waals surface area contributed by atoms with Gasteiger partial charge in [-0.2, -0.15) is 16.9 Å². The van der Waals surface area contributed by atoms with E-state index in [-0.39, 0.29) is 12.1 Å². The van der Waals surface area contributed by atoms with Crippen LogP contribution in [0.4, 0.5) is 4.79 Å². The number of hydrogen-bond donors (Lipinski definition) is 2. The lowest BCUT2D eigenvalue weighted by Crippen LogP contribution is -2.44. The second kappa shape index (κ2) is 7.50. The van der Waals surface area contributed by atoms with Gasteiger partial charge in [-0.15, -0.1) is 0 Å². The number of benzene rings is 1. The third-order valence-electron chi connectivity index (χ3n) is 4.12. The second-order valence-electron chi connectivity index (χ2n) is 5.65. The molecule has 1 aliphatic carbocycles. The summed E-state index contributed by atoms with van der Waals surface area (Å²) >= 11 is 1.84. The van der Waals surface area contributed by atoms with Crippen LogP contribution in [0.3, 0.4) is 0 Å². The summed E-state index contributed by atoms with van der Waals surface area (Å²) in [6.07, 6.45) is 8.71. The minimum atomic E-state index is -0.0953. The monoisotopic (exact) mass is 331 g/mol. The predicted molar refractivity (Wildman–Crippen MR) is 91.7 cm³/mol. The second-order valence-corrected chi connectivity index (χ2v) is 6.73. The average molecular weight is 331 g/mol. The van der Waals surface area contributed by atoms with Crippen molar-refractivity contribution in [2.24, 2.45) is 0 Å². The fraction of sp³-hybridized carbons (Fsp3) is 0.438. The van der Waals surface area contributed by atoms with Crippen LogP contribution in [0.2, 0.25) is 0 Å². The van der Waals surface area contributed by atoms with Gasteiger partial charge in [-0.05, 0) is 36.8 Å². The molecule has 2 N–H and O–H groups in total. The van der Waals surface area contributed by atoms with Gasteiger partial charge in [-0.3, -0.25) is 0 Å². The Balaban J connectivity index is 1.54. The Morgan fingerprint density at radius 1 is 1.43 bits per heavy atom. The van der Waals surface area contributed by atoms with Gasteiger partial charge in [0, 0.05) is 17.8 Å². The highest BCUT2D eigenvalue weighted by atomic mass is 32.2. The van der Waals surface area contributed by atoms with Crippen LogP contribution < -0.4 is 10.6 Å². The highest BCUT2D eigenvalue weighted by molar-refractivity contribution is 7.99. The van der Waals surface area contributed by atoms with Crippen LogP contribution in [0.5, 0.6) is 0 Å². The summed E-state index contributed by atoms with van der Waals surface area (Å²) in [5.41, 5.74) is 1.96. The van der Waals surface area contributed by atoms with Crippen LogP contribution in [0.15, 0.2) is 36.9 Å². The number of carbonyl (C=O) groups excluding carboxylic acids is 1. The van der Waals surface area contributed by atoms with Crippen molar-refractivity contribution in [1.82, 2.24) is 25.4 Å². The number of nitrogens with one attached hydrogen (secondary N) is 2. The molecule has 0 aliphatic heterocycles. The van der Waals surface area contributed by atoms with Crippen LogP contribution in [0.25, 0.3) is 5.69 Å². The molecule has 1 heterocycles. The molecule has 122 valence electrons. The van der Waals surface area contributed by atoms with Gasteiger partial charge < -0.3 is 10.6 Å². The van der Waals surface area contributed by atoms with Gasteiger partial charge in [-0.25, -0.2) is 14.5 Å². The Hall–Kier alpha value is -2.02. The van der Waals surface area contributed by atoms with Crippen LogP contribution >= 0.6 is 11.8 Å². The molecule has 2 aromatic rings. The first kappa shape index (κ1) is 15.9. The number of nitrogens with zero attached hydrogens (tertiary/aromatic N) is 3. The number of carbonyl (C=O) groups is 1. The maximum atomic E-state index is 12.1. The number of thioether (sulfide) groups is 1. The lowest BCUT2D eigenvalue weighted by Gasteiger charge is -2.19. The van der Waals surface area contributed by atoms with Crippen molar-refractivity contribution < 1.29 is 4.79 Å².